The molecule has 0 spiro atoms. The number of benzene rings is 1. The Hall–Kier alpha value is -1.23. The van der Waals surface area contributed by atoms with Gasteiger partial charge >= 0.3 is 0 Å². The maximum absolute atomic E-state index is 11.2. The first kappa shape index (κ1) is 10.3. The Morgan fingerprint density at radius 1 is 1.40 bits per heavy atom. The van der Waals surface area contributed by atoms with Crippen molar-refractivity contribution in [3.63, 3.8) is 0 Å². The van der Waals surface area contributed by atoms with E-state index in [4.69, 9.17) is 4.74 Å². The third kappa shape index (κ3) is 2.62. The van der Waals surface area contributed by atoms with Gasteiger partial charge in [-0.25, -0.2) is 8.42 Å². The molecule has 2 rings (SSSR count). The van der Waals surface area contributed by atoms with Gasteiger partial charge in [-0.2, -0.15) is 0 Å². The average Bonchev–Trinajstić information content (AvgIpc) is 2.45. The summed E-state index contributed by atoms with van der Waals surface area (Å²) in [5, 5.41) is 9.19. The minimum absolute atomic E-state index is 0.0721. The van der Waals surface area contributed by atoms with Crippen LogP contribution < -0.4 is 4.74 Å². The van der Waals surface area contributed by atoms with Gasteiger partial charge in [0.2, 0.25) is 0 Å². The molecule has 0 amide bonds. The molecule has 0 aliphatic carbocycles. The zero-order valence-corrected chi connectivity index (χ0v) is 8.90. The van der Waals surface area contributed by atoms with E-state index in [1.165, 1.54) is 12.1 Å². The van der Waals surface area contributed by atoms with Gasteiger partial charge in [0.05, 0.1) is 11.5 Å². The first-order valence-corrected chi connectivity index (χ1v) is 6.53. The van der Waals surface area contributed by atoms with Crippen molar-refractivity contribution < 1.29 is 18.3 Å². The van der Waals surface area contributed by atoms with E-state index in [1.54, 1.807) is 12.1 Å². The minimum Gasteiger partial charge on any atom is -0.508 e. The Morgan fingerprint density at radius 2 is 2.20 bits per heavy atom. The fourth-order valence-electron chi connectivity index (χ4n) is 1.60. The molecule has 0 saturated carbocycles. The molecule has 1 heterocycles. The zero-order chi connectivity index (χ0) is 10.9. The van der Waals surface area contributed by atoms with Gasteiger partial charge in [-0.15, -0.1) is 0 Å². The van der Waals surface area contributed by atoms with Crippen molar-refractivity contribution in [2.24, 2.45) is 0 Å². The molecule has 15 heavy (non-hydrogen) atoms. The minimum atomic E-state index is -2.91. The summed E-state index contributed by atoms with van der Waals surface area (Å²) in [5.41, 5.74) is 0. The normalized spacial score (nSPS) is 23.9. The Bertz CT molecular complexity index is 452. The van der Waals surface area contributed by atoms with Crippen molar-refractivity contribution >= 4 is 9.84 Å². The molecule has 1 atom stereocenters. The van der Waals surface area contributed by atoms with Gasteiger partial charge < -0.3 is 9.84 Å². The molecule has 1 saturated heterocycles. The molecule has 82 valence electrons. The maximum atomic E-state index is 11.2. The lowest BCUT2D eigenvalue weighted by Crippen LogP contribution is -2.17. The van der Waals surface area contributed by atoms with Crippen LogP contribution in [0.5, 0.6) is 11.5 Å². The van der Waals surface area contributed by atoms with Crippen LogP contribution in [0.1, 0.15) is 6.42 Å². The molecule has 0 aromatic heterocycles. The zero-order valence-electron chi connectivity index (χ0n) is 8.09. The monoisotopic (exact) mass is 228 g/mol. The molecule has 0 radical (unpaired) electrons. The number of sulfone groups is 1. The summed E-state index contributed by atoms with van der Waals surface area (Å²) < 4.78 is 27.8. The molecule has 1 aromatic rings. The van der Waals surface area contributed by atoms with E-state index in [2.05, 4.69) is 0 Å². The molecule has 0 bridgehead atoms. The van der Waals surface area contributed by atoms with Crippen LogP contribution in [0.3, 0.4) is 0 Å². The highest BCUT2D eigenvalue weighted by molar-refractivity contribution is 7.91. The maximum Gasteiger partial charge on any atom is 0.154 e. The highest BCUT2D eigenvalue weighted by atomic mass is 32.2. The summed E-state index contributed by atoms with van der Waals surface area (Å²) in [5.74, 6) is 0.893. The third-order valence-corrected chi connectivity index (χ3v) is 4.05. The van der Waals surface area contributed by atoms with Crippen molar-refractivity contribution in [3.8, 4) is 11.5 Å². The fourth-order valence-corrected chi connectivity index (χ4v) is 3.19. The lowest BCUT2D eigenvalue weighted by molar-refractivity contribution is 0.228. The molecular weight excluding hydrogens is 216 g/mol. The SMILES string of the molecule is O=S1(=O)CCC(Oc2cccc(O)c2)C1. The molecule has 4 nitrogen and oxygen atoms in total. The fraction of sp³-hybridized carbons (Fsp3) is 0.400. The van der Waals surface area contributed by atoms with Gasteiger partial charge in [0.1, 0.15) is 17.6 Å². The third-order valence-electron chi connectivity index (χ3n) is 2.31. The van der Waals surface area contributed by atoms with E-state index in [1.807, 2.05) is 0 Å². The van der Waals surface area contributed by atoms with E-state index in [-0.39, 0.29) is 23.4 Å². The number of rotatable bonds is 2. The second-order valence-electron chi connectivity index (χ2n) is 3.64. The Balaban J connectivity index is 2.05. The van der Waals surface area contributed by atoms with Gasteiger partial charge in [-0.1, -0.05) is 6.07 Å². The van der Waals surface area contributed by atoms with E-state index < -0.39 is 9.84 Å². The van der Waals surface area contributed by atoms with Crippen LogP contribution in [0.2, 0.25) is 0 Å². The summed E-state index contributed by atoms with van der Waals surface area (Å²) in [6, 6.07) is 6.38. The van der Waals surface area contributed by atoms with Crippen LogP contribution in [0.15, 0.2) is 24.3 Å². The predicted molar refractivity (Wildman–Crippen MR) is 55.8 cm³/mol. The molecular formula is C10H12O4S. The van der Waals surface area contributed by atoms with E-state index >= 15 is 0 Å². The lowest BCUT2D eigenvalue weighted by atomic mass is 10.3. The van der Waals surface area contributed by atoms with E-state index in [0.29, 0.717) is 12.2 Å². The van der Waals surface area contributed by atoms with Crippen LogP contribution in [0, 0.1) is 0 Å². The molecule has 1 aliphatic rings. The largest absolute Gasteiger partial charge is 0.508 e. The van der Waals surface area contributed by atoms with Crippen LogP contribution >= 0.6 is 0 Å². The van der Waals surface area contributed by atoms with Gasteiger partial charge in [-0.05, 0) is 18.6 Å². The number of aromatic hydroxyl groups is 1. The quantitative estimate of drug-likeness (QED) is 0.818. The lowest BCUT2D eigenvalue weighted by Gasteiger charge is -2.11. The van der Waals surface area contributed by atoms with Crippen LogP contribution in [-0.4, -0.2) is 31.1 Å². The van der Waals surface area contributed by atoms with Gasteiger partial charge in [0.25, 0.3) is 0 Å². The van der Waals surface area contributed by atoms with Crippen LogP contribution in [0.4, 0.5) is 0 Å². The number of hydrogen-bond donors (Lipinski definition) is 1. The van der Waals surface area contributed by atoms with Crippen LogP contribution in [0.25, 0.3) is 0 Å². The summed E-state index contributed by atoms with van der Waals surface area (Å²) in [7, 11) is -2.91. The van der Waals surface area contributed by atoms with Crippen molar-refractivity contribution in [2.45, 2.75) is 12.5 Å². The molecule has 1 fully saturated rings. The standard InChI is InChI=1S/C10H12O4S/c11-8-2-1-3-9(6-8)14-10-4-5-15(12,13)7-10/h1-3,6,10-11H,4-5,7H2. The number of ether oxygens (including phenoxy) is 1. The summed E-state index contributed by atoms with van der Waals surface area (Å²) in [6.07, 6.45) is 0.245. The highest BCUT2D eigenvalue weighted by Gasteiger charge is 2.29. The molecule has 1 N–H and O–H groups in total. The Labute approximate surface area is 88.4 Å². The molecule has 1 aliphatic heterocycles. The number of hydrogen-bond acceptors (Lipinski definition) is 4. The number of phenols is 1. The van der Waals surface area contributed by atoms with Gasteiger partial charge in [-0.3, -0.25) is 0 Å². The second kappa shape index (κ2) is 3.73. The van der Waals surface area contributed by atoms with Crippen molar-refractivity contribution in [1.29, 1.82) is 0 Å². The van der Waals surface area contributed by atoms with E-state index in [9.17, 15) is 13.5 Å². The summed E-state index contributed by atoms with van der Waals surface area (Å²) >= 11 is 0. The molecule has 1 aromatic carbocycles. The first-order chi connectivity index (χ1) is 7.05. The molecule has 5 heteroatoms. The van der Waals surface area contributed by atoms with Gasteiger partial charge in [0, 0.05) is 6.07 Å². The number of phenolic OH excluding ortho intramolecular Hbond substituents is 1. The first-order valence-electron chi connectivity index (χ1n) is 4.71. The second-order valence-corrected chi connectivity index (χ2v) is 5.87. The summed E-state index contributed by atoms with van der Waals surface area (Å²) in [6.45, 7) is 0. The Morgan fingerprint density at radius 3 is 2.80 bits per heavy atom. The van der Waals surface area contributed by atoms with Crippen molar-refractivity contribution in [2.75, 3.05) is 11.5 Å². The smallest absolute Gasteiger partial charge is 0.154 e. The average molecular weight is 228 g/mol. The molecule has 1 unspecified atom stereocenters. The van der Waals surface area contributed by atoms with Crippen LogP contribution in [-0.2, 0) is 9.84 Å². The summed E-state index contributed by atoms with van der Waals surface area (Å²) in [4.78, 5) is 0. The Kier molecular flexibility index (Phi) is 2.56. The van der Waals surface area contributed by atoms with Gasteiger partial charge in [0.15, 0.2) is 9.84 Å². The predicted octanol–water partition coefficient (Wildman–Crippen LogP) is 0.958. The van der Waals surface area contributed by atoms with Crippen molar-refractivity contribution in [1.82, 2.24) is 0 Å². The topological polar surface area (TPSA) is 63.6 Å². The van der Waals surface area contributed by atoms with E-state index in [0.717, 1.165) is 0 Å². The van der Waals surface area contributed by atoms with Crippen molar-refractivity contribution in [3.05, 3.63) is 24.3 Å². The highest BCUT2D eigenvalue weighted by Crippen LogP contribution is 2.22.